The van der Waals surface area contributed by atoms with Crippen LogP contribution < -0.4 is 10.6 Å². The summed E-state index contributed by atoms with van der Waals surface area (Å²) >= 11 is 0. The molecule has 0 saturated carbocycles. The number of anilines is 2. The normalized spacial score (nSPS) is 14.9. The zero-order chi connectivity index (χ0) is 24.2. The van der Waals surface area contributed by atoms with Crippen LogP contribution >= 0.6 is 0 Å². The Balaban J connectivity index is 1.70. The zero-order valence-electron chi connectivity index (χ0n) is 18.4. The van der Waals surface area contributed by atoms with Crippen LogP contribution in [0.4, 0.5) is 33.7 Å². The Labute approximate surface area is 189 Å². The van der Waals surface area contributed by atoms with Gasteiger partial charge in [0, 0.05) is 44.0 Å². The molecule has 3 rings (SSSR count). The molecule has 1 fully saturated rings. The van der Waals surface area contributed by atoms with Crippen molar-refractivity contribution in [1.82, 2.24) is 9.80 Å². The van der Waals surface area contributed by atoms with E-state index in [0.717, 1.165) is 30.8 Å². The minimum atomic E-state index is -4.75. The van der Waals surface area contributed by atoms with Crippen molar-refractivity contribution in [3.05, 3.63) is 59.4 Å². The maximum atomic E-state index is 13.7. The molecular weight excluding hydrogens is 440 g/mol. The number of rotatable bonds is 5. The second-order valence-corrected chi connectivity index (χ2v) is 8.33. The van der Waals surface area contributed by atoms with Crippen molar-refractivity contribution in [1.29, 1.82) is 0 Å². The summed E-state index contributed by atoms with van der Waals surface area (Å²) in [6.07, 6.45) is -4.75. The van der Waals surface area contributed by atoms with Gasteiger partial charge in [0.15, 0.2) is 0 Å². The average Bonchev–Trinajstić information content (AvgIpc) is 2.74. The van der Waals surface area contributed by atoms with Gasteiger partial charge in [-0.05, 0) is 48.4 Å². The van der Waals surface area contributed by atoms with E-state index in [-0.39, 0.29) is 11.3 Å². The highest BCUT2D eigenvalue weighted by atomic mass is 19.4. The Kier molecular flexibility index (Phi) is 7.57. The Bertz CT molecular complexity index is 985. The molecule has 0 aromatic heterocycles. The Morgan fingerprint density at radius 3 is 2.18 bits per heavy atom. The van der Waals surface area contributed by atoms with E-state index in [1.807, 2.05) is 0 Å². The van der Waals surface area contributed by atoms with Crippen molar-refractivity contribution in [2.45, 2.75) is 20.0 Å². The molecule has 2 N–H and O–H groups in total. The third-order valence-corrected chi connectivity index (χ3v) is 5.21. The summed E-state index contributed by atoms with van der Waals surface area (Å²) < 4.78 is 54.0. The first-order valence-electron chi connectivity index (χ1n) is 10.6. The van der Waals surface area contributed by atoms with Gasteiger partial charge < -0.3 is 15.5 Å². The maximum Gasteiger partial charge on any atom is 0.418 e. The van der Waals surface area contributed by atoms with Gasteiger partial charge in [-0.1, -0.05) is 13.8 Å². The van der Waals surface area contributed by atoms with Crippen LogP contribution in [0, 0.1) is 11.7 Å². The highest BCUT2D eigenvalue weighted by Gasteiger charge is 2.35. The number of urea groups is 1. The summed E-state index contributed by atoms with van der Waals surface area (Å²) in [4.78, 5) is 28.5. The summed E-state index contributed by atoms with van der Waals surface area (Å²) in [7, 11) is 0. The van der Waals surface area contributed by atoms with E-state index in [1.165, 1.54) is 23.1 Å². The minimum Gasteiger partial charge on any atom is -0.322 e. The van der Waals surface area contributed by atoms with Gasteiger partial charge in [-0.3, -0.25) is 9.69 Å². The van der Waals surface area contributed by atoms with Crippen LogP contribution in [-0.4, -0.2) is 54.5 Å². The lowest BCUT2D eigenvalue weighted by molar-refractivity contribution is -0.136. The number of nitrogens with one attached hydrogen (secondary N) is 2. The van der Waals surface area contributed by atoms with E-state index in [0.29, 0.717) is 32.1 Å². The topological polar surface area (TPSA) is 64.7 Å². The second-order valence-electron chi connectivity index (χ2n) is 8.33. The molecule has 0 bridgehead atoms. The zero-order valence-corrected chi connectivity index (χ0v) is 18.4. The molecule has 10 heteroatoms. The van der Waals surface area contributed by atoms with E-state index in [4.69, 9.17) is 0 Å². The number of carbonyl (C=O) groups excluding carboxylic acids is 2. The van der Waals surface area contributed by atoms with Crippen LogP contribution in [0.15, 0.2) is 42.5 Å². The van der Waals surface area contributed by atoms with E-state index in [1.54, 1.807) is 0 Å². The fourth-order valence-corrected chi connectivity index (χ4v) is 3.61. The standard InChI is InChI=1S/C23H26F4N4O2/c1-15(2)14-30-9-11-31(12-10-30)22(33)29-20-8-7-18(13-19(20)23(25,26)27)28-21(32)16-3-5-17(24)6-4-16/h3-8,13,15H,9-12,14H2,1-2H3,(H,28,32)(H,29,33). The molecule has 178 valence electrons. The molecule has 0 spiro atoms. The highest BCUT2D eigenvalue weighted by Crippen LogP contribution is 2.37. The molecule has 6 nitrogen and oxygen atoms in total. The number of benzene rings is 2. The molecule has 1 heterocycles. The number of piperazine rings is 1. The van der Waals surface area contributed by atoms with E-state index >= 15 is 0 Å². The summed E-state index contributed by atoms with van der Waals surface area (Å²) in [6, 6.07) is 7.15. The summed E-state index contributed by atoms with van der Waals surface area (Å²) in [5.74, 6) is -0.728. The van der Waals surface area contributed by atoms with Crippen LogP contribution in [0.1, 0.15) is 29.8 Å². The van der Waals surface area contributed by atoms with Gasteiger partial charge in [-0.15, -0.1) is 0 Å². The van der Waals surface area contributed by atoms with Gasteiger partial charge in [0.2, 0.25) is 0 Å². The Morgan fingerprint density at radius 1 is 0.970 bits per heavy atom. The lowest BCUT2D eigenvalue weighted by Crippen LogP contribution is -2.50. The molecular formula is C23H26F4N4O2. The molecule has 2 aromatic carbocycles. The van der Waals surface area contributed by atoms with Gasteiger partial charge in [0.1, 0.15) is 5.82 Å². The molecule has 33 heavy (non-hydrogen) atoms. The predicted molar refractivity (Wildman–Crippen MR) is 118 cm³/mol. The van der Waals surface area contributed by atoms with Crippen molar-refractivity contribution in [3.63, 3.8) is 0 Å². The van der Waals surface area contributed by atoms with E-state index in [9.17, 15) is 27.2 Å². The third kappa shape index (κ3) is 6.67. The van der Waals surface area contributed by atoms with Gasteiger partial charge >= 0.3 is 12.2 Å². The molecule has 0 radical (unpaired) electrons. The number of halogens is 4. The number of hydrogen-bond acceptors (Lipinski definition) is 3. The van der Waals surface area contributed by atoms with Crippen LogP contribution in [-0.2, 0) is 6.18 Å². The van der Waals surface area contributed by atoms with Crippen molar-refractivity contribution in [2.75, 3.05) is 43.4 Å². The van der Waals surface area contributed by atoms with Crippen LogP contribution in [0.5, 0.6) is 0 Å². The molecule has 1 aliphatic heterocycles. The van der Waals surface area contributed by atoms with Crippen molar-refractivity contribution in [3.8, 4) is 0 Å². The second kappa shape index (κ2) is 10.2. The first kappa shape index (κ1) is 24.5. The number of hydrogen-bond donors (Lipinski definition) is 2. The van der Waals surface area contributed by atoms with Gasteiger partial charge in [0.05, 0.1) is 11.3 Å². The summed E-state index contributed by atoms with van der Waals surface area (Å²) in [6.45, 7) is 7.27. The third-order valence-electron chi connectivity index (χ3n) is 5.21. The van der Waals surface area contributed by atoms with E-state index in [2.05, 4.69) is 29.4 Å². The first-order chi connectivity index (χ1) is 15.5. The molecule has 3 amide bonds. The Morgan fingerprint density at radius 2 is 1.61 bits per heavy atom. The molecule has 0 aliphatic carbocycles. The summed E-state index contributed by atoms with van der Waals surface area (Å²) in [5.41, 5.74) is -1.47. The molecule has 0 unspecified atom stereocenters. The lowest BCUT2D eigenvalue weighted by atomic mass is 10.1. The monoisotopic (exact) mass is 466 g/mol. The maximum absolute atomic E-state index is 13.7. The number of carbonyl (C=O) groups is 2. The SMILES string of the molecule is CC(C)CN1CCN(C(=O)Nc2ccc(NC(=O)c3ccc(F)cc3)cc2C(F)(F)F)CC1. The molecule has 1 aliphatic rings. The van der Waals surface area contributed by atoms with Crippen molar-refractivity contribution in [2.24, 2.45) is 5.92 Å². The highest BCUT2D eigenvalue weighted by molar-refractivity contribution is 6.04. The first-order valence-corrected chi connectivity index (χ1v) is 10.6. The lowest BCUT2D eigenvalue weighted by Gasteiger charge is -2.35. The molecule has 2 aromatic rings. The smallest absolute Gasteiger partial charge is 0.322 e. The fourth-order valence-electron chi connectivity index (χ4n) is 3.61. The molecule has 0 atom stereocenters. The summed E-state index contributed by atoms with van der Waals surface area (Å²) in [5, 5.41) is 4.72. The van der Waals surface area contributed by atoms with Crippen LogP contribution in [0.2, 0.25) is 0 Å². The van der Waals surface area contributed by atoms with E-state index < -0.39 is 35.2 Å². The number of amides is 3. The van der Waals surface area contributed by atoms with Crippen molar-refractivity contribution >= 4 is 23.3 Å². The number of alkyl halides is 3. The number of nitrogens with zero attached hydrogens (tertiary/aromatic N) is 2. The largest absolute Gasteiger partial charge is 0.418 e. The quantitative estimate of drug-likeness (QED) is 0.616. The predicted octanol–water partition coefficient (Wildman–Crippen LogP) is 4.90. The van der Waals surface area contributed by atoms with Gasteiger partial charge in [0.25, 0.3) is 5.91 Å². The van der Waals surface area contributed by atoms with Crippen LogP contribution in [0.25, 0.3) is 0 Å². The van der Waals surface area contributed by atoms with Gasteiger partial charge in [-0.25, -0.2) is 9.18 Å². The Hall–Kier alpha value is -3.14. The minimum absolute atomic E-state index is 0.0962. The van der Waals surface area contributed by atoms with Crippen molar-refractivity contribution < 1.29 is 27.2 Å². The fraction of sp³-hybridized carbons (Fsp3) is 0.391. The molecule has 1 saturated heterocycles. The van der Waals surface area contributed by atoms with Crippen LogP contribution in [0.3, 0.4) is 0 Å². The van der Waals surface area contributed by atoms with Gasteiger partial charge in [-0.2, -0.15) is 13.2 Å². The average molecular weight is 466 g/mol.